The van der Waals surface area contributed by atoms with Crippen LogP contribution in [0.25, 0.3) is 0 Å². The second-order valence-electron chi connectivity index (χ2n) is 8.50. The summed E-state index contributed by atoms with van der Waals surface area (Å²) < 4.78 is 30.2. The molecule has 0 unspecified atom stereocenters. The van der Waals surface area contributed by atoms with Crippen molar-refractivity contribution >= 4 is 11.9 Å². The van der Waals surface area contributed by atoms with Crippen LogP contribution in [-0.2, 0) is 28.9 Å². The summed E-state index contributed by atoms with van der Waals surface area (Å²) in [5.41, 5.74) is 2.46. The van der Waals surface area contributed by atoms with Gasteiger partial charge >= 0.3 is 0 Å². The van der Waals surface area contributed by atoms with Crippen LogP contribution in [-0.4, -0.2) is 60.7 Å². The summed E-state index contributed by atoms with van der Waals surface area (Å²) in [6.45, 7) is 3.58. The van der Waals surface area contributed by atoms with E-state index in [1.165, 1.54) is 12.1 Å². The number of benzene rings is 2. The molecule has 35 heavy (non-hydrogen) atoms. The third-order valence-electron chi connectivity index (χ3n) is 6.20. The lowest BCUT2D eigenvalue weighted by atomic mass is 10.0. The average molecular weight is 479 g/mol. The number of hydrogen-bond acceptors (Lipinski definition) is 7. The van der Waals surface area contributed by atoms with Gasteiger partial charge in [0, 0.05) is 26.1 Å². The minimum Gasteiger partial charge on any atom is -0.497 e. The van der Waals surface area contributed by atoms with Crippen LogP contribution in [0.3, 0.4) is 0 Å². The number of anilines is 1. The number of hydrogen-bond donors (Lipinski definition) is 0. The number of nitrogens with zero attached hydrogens (tertiary/aromatic N) is 4. The van der Waals surface area contributed by atoms with Crippen LogP contribution in [0.5, 0.6) is 17.4 Å². The molecule has 0 radical (unpaired) electrons. The van der Waals surface area contributed by atoms with E-state index < -0.39 is 0 Å². The minimum absolute atomic E-state index is 0.0325. The van der Waals surface area contributed by atoms with Gasteiger partial charge in [-0.25, -0.2) is 9.37 Å². The van der Waals surface area contributed by atoms with E-state index in [-0.39, 0.29) is 18.1 Å². The zero-order valence-electron chi connectivity index (χ0n) is 19.6. The highest BCUT2D eigenvalue weighted by molar-refractivity contribution is 5.79. The number of carbonyl (C=O) groups excluding carboxylic acids is 1. The van der Waals surface area contributed by atoms with Crippen molar-refractivity contribution in [3.8, 4) is 17.4 Å². The van der Waals surface area contributed by atoms with E-state index in [4.69, 9.17) is 24.2 Å². The Morgan fingerprint density at radius 1 is 1.00 bits per heavy atom. The summed E-state index contributed by atoms with van der Waals surface area (Å²) in [7, 11) is 1.61. The Balaban J connectivity index is 1.41. The first-order valence-corrected chi connectivity index (χ1v) is 11.7. The Labute approximate surface area is 203 Å². The summed E-state index contributed by atoms with van der Waals surface area (Å²) in [4.78, 5) is 26.5. The monoisotopic (exact) mass is 478 g/mol. The molecule has 0 atom stereocenters. The van der Waals surface area contributed by atoms with E-state index in [1.807, 2.05) is 24.3 Å². The molecule has 0 N–H and O–H groups in total. The lowest BCUT2D eigenvalue weighted by Gasteiger charge is -2.32. The summed E-state index contributed by atoms with van der Waals surface area (Å²) in [6.07, 6.45) is 0.806. The molecule has 0 spiro atoms. The van der Waals surface area contributed by atoms with E-state index in [2.05, 4.69) is 4.90 Å². The summed E-state index contributed by atoms with van der Waals surface area (Å²) in [5.74, 6) is 2.06. The molecular weight excluding hydrogens is 451 g/mol. The quantitative estimate of drug-likeness (QED) is 0.538. The van der Waals surface area contributed by atoms with Gasteiger partial charge in [-0.1, -0.05) is 12.1 Å². The van der Waals surface area contributed by atoms with Gasteiger partial charge in [-0.15, -0.1) is 0 Å². The van der Waals surface area contributed by atoms with Gasteiger partial charge in [0.1, 0.15) is 17.3 Å². The van der Waals surface area contributed by atoms with Crippen LogP contribution in [0.4, 0.5) is 10.3 Å². The number of methoxy groups -OCH3 is 1. The molecule has 0 bridgehead atoms. The summed E-state index contributed by atoms with van der Waals surface area (Å²) in [6, 6.07) is 13.3. The smallest absolute Gasteiger partial charge is 0.229 e. The molecule has 1 fully saturated rings. The van der Waals surface area contributed by atoms with Gasteiger partial charge in [-0.2, -0.15) is 4.98 Å². The predicted molar refractivity (Wildman–Crippen MR) is 127 cm³/mol. The van der Waals surface area contributed by atoms with E-state index in [9.17, 15) is 9.18 Å². The highest BCUT2D eigenvalue weighted by Crippen LogP contribution is 2.32. The molecule has 2 aliphatic heterocycles. The van der Waals surface area contributed by atoms with E-state index in [0.717, 1.165) is 22.6 Å². The first kappa shape index (κ1) is 23.0. The van der Waals surface area contributed by atoms with Crippen molar-refractivity contribution in [1.29, 1.82) is 0 Å². The first-order chi connectivity index (χ1) is 17.1. The molecule has 1 amide bonds. The summed E-state index contributed by atoms with van der Waals surface area (Å²) >= 11 is 0. The maximum Gasteiger partial charge on any atom is 0.229 e. The van der Waals surface area contributed by atoms with Crippen LogP contribution < -0.4 is 14.4 Å². The number of ether oxygens (including phenoxy) is 3. The van der Waals surface area contributed by atoms with E-state index in [1.54, 1.807) is 24.1 Å². The molecule has 5 rings (SSSR count). The molecule has 2 aliphatic rings. The van der Waals surface area contributed by atoms with Crippen LogP contribution in [0.1, 0.15) is 16.8 Å². The predicted octanol–water partition coefficient (Wildman–Crippen LogP) is 3.38. The third-order valence-corrected chi connectivity index (χ3v) is 6.20. The molecule has 0 saturated carbocycles. The van der Waals surface area contributed by atoms with Gasteiger partial charge in [0.25, 0.3) is 0 Å². The van der Waals surface area contributed by atoms with Crippen LogP contribution in [0, 0.1) is 5.82 Å². The number of fused-ring (bicyclic) bond motifs is 1. The fraction of sp³-hybridized carbons (Fsp3) is 0.346. The highest BCUT2D eigenvalue weighted by atomic mass is 19.1. The van der Waals surface area contributed by atoms with Gasteiger partial charge in [0.15, 0.2) is 0 Å². The molecule has 8 nitrogen and oxygen atoms in total. The van der Waals surface area contributed by atoms with Crippen molar-refractivity contribution in [2.24, 2.45) is 0 Å². The standard InChI is InChI=1S/C26H27FN4O4/c1-33-20-6-8-21(9-7-20)35-25-22-17-31(24(32)16-18-2-4-19(27)5-3-18)11-10-23(22)28-26(29-25)30-12-14-34-15-13-30/h2-9H,10-17H2,1H3. The van der Waals surface area contributed by atoms with Crippen molar-refractivity contribution in [3.05, 3.63) is 71.2 Å². The molecule has 2 aromatic carbocycles. The number of rotatable bonds is 6. The molecule has 3 aromatic rings. The van der Waals surface area contributed by atoms with E-state index >= 15 is 0 Å². The topological polar surface area (TPSA) is 77.0 Å². The highest BCUT2D eigenvalue weighted by Gasteiger charge is 2.28. The van der Waals surface area contributed by atoms with Gasteiger partial charge in [0.2, 0.25) is 17.7 Å². The molecule has 3 heterocycles. The second-order valence-corrected chi connectivity index (χ2v) is 8.50. The zero-order valence-corrected chi connectivity index (χ0v) is 19.6. The van der Waals surface area contributed by atoms with Crippen molar-refractivity contribution < 1.29 is 23.4 Å². The van der Waals surface area contributed by atoms with Crippen molar-refractivity contribution in [2.75, 3.05) is 44.9 Å². The molecule has 1 aromatic heterocycles. The number of amides is 1. The normalized spacial score (nSPS) is 15.5. The van der Waals surface area contributed by atoms with Gasteiger partial charge in [-0.05, 0) is 42.0 Å². The van der Waals surface area contributed by atoms with Crippen LogP contribution >= 0.6 is 0 Å². The third kappa shape index (κ3) is 5.35. The Morgan fingerprint density at radius 2 is 1.71 bits per heavy atom. The Morgan fingerprint density at radius 3 is 2.43 bits per heavy atom. The maximum atomic E-state index is 13.2. The van der Waals surface area contributed by atoms with Crippen molar-refractivity contribution in [1.82, 2.24) is 14.9 Å². The average Bonchev–Trinajstić information content (AvgIpc) is 2.90. The van der Waals surface area contributed by atoms with Crippen molar-refractivity contribution in [3.63, 3.8) is 0 Å². The molecule has 182 valence electrons. The molecule has 0 aliphatic carbocycles. The summed E-state index contributed by atoms with van der Waals surface area (Å²) in [5, 5.41) is 0. The Kier molecular flexibility index (Phi) is 6.76. The van der Waals surface area contributed by atoms with Crippen LogP contribution in [0.15, 0.2) is 48.5 Å². The largest absolute Gasteiger partial charge is 0.497 e. The fourth-order valence-corrected chi connectivity index (χ4v) is 4.22. The number of aromatic nitrogens is 2. The minimum atomic E-state index is -0.318. The molecule has 9 heteroatoms. The Bertz CT molecular complexity index is 1180. The Hall–Kier alpha value is -3.72. The molecular formula is C26H27FN4O4. The van der Waals surface area contributed by atoms with Gasteiger partial charge < -0.3 is 24.0 Å². The lowest BCUT2D eigenvalue weighted by Crippen LogP contribution is -2.40. The van der Waals surface area contributed by atoms with E-state index in [0.29, 0.717) is 63.4 Å². The van der Waals surface area contributed by atoms with Crippen LogP contribution in [0.2, 0.25) is 0 Å². The zero-order chi connectivity index (χ0) is 24.2. The van der Waals surface area contributed by atoms with Gasteiger partial charge in [0.05, 0.1) is 44.5 Å². The second kappa shape index (κ2) is 10.3. The number of morpholine rings is 1. The SMILES string of the molecule is COc1ccc(Oc2nc(N3CCOCC3)nc3c2CN(C(=O)Cc2ccc(F)cc2)CC3)cc1. The number of carbonyl (C=O) groups is 1. The fourth-order valence-electron chi connectivity index (χ4n) is 4.22. The molecule has 1 saturated heterocycles. The van der Waals surface area contributed by atoms with Crippen molar-refractivity contribution in [2.45, 2.75) is 19.4 Å². The maximum absolute atomic E-state index is 13.2. The first-order valence-electron chi connectivity index (χ1n) is 11.7. The van der Waals surface area contributed by atoms with Gasteiger partial charge in [-0.3, -0.25) is 4.79 Å². The number of halogens is 1. The lowest BCUT2D eigenvalue weighted by molar-refractivity contribution is -0.131.